The van der Waals surface area contributed by atoms with Crippen molar-refractivity contribution in [3.63, 3.8) is 0 Å². The number of hydrogen-bond acceptors (Lipinski definition) is 4. The molecule has 0 aliphatic carbocycles. The molecular formula is C13H15NO5. The molecule has 0 fully saturated rings. The second-order valence-electron chi connectivity index (χ2n) is 3.99. The van der Waals surface area contributed by atoms with Crippen LogP contribution in [0.4, 0.5) is 5.69 Å². The van der Waals surface area contributed by atoms with Crippen LogP contribution in [0.25, 0.3) is 6.08 Å². The number of nitro benzene ring substituents is 1. The molecule has 0 aliphatic rings. The number of ether oxygens (including phenoxy) is 1. The van der Waals surface area contributed by atoms with Gasteiger partial charge in [0.25, 0.3) is 0 Å². The summed E-state index contributed by atoms with van der Waals surface area (Å²) >= 11 is 0. The second-order valence-corrected chi connectivity index (χ2v) is 3.99. The SMILES string of the molecule is CCC(C)Oc1ccc(/C=C/C(=O)O)cc1[N+](=O)[O-]. The molecule has 0 aromatic heterocycles. The van der Waals surface area contributed by atoms with E-state index in [0.717, 1.165) is 12.5 Å². The number of benzene rings is 1. The van der Waals surface area contributed by atoms with E-state index in [2.05, 4.69) is 0 Å². The van der Waals surface area contributed by atoms with Gasteiger partial charge in [-0.25, -0.2) is 4.79 Å². The van der Waals surface area contributed by atoms with Gasteiger partial charge in [0.2, 0.25) is 0 Å². The van der Waals surface area contributed by atoms with Crippen molar-refractivity contribution in [3.8, 4) is 5.75 Å². The molecule has 0 radical (unpaired) electrons. The van der Waals surface area contributed by atoms with Crippen LogP contribution in [-0.2, 0) is 4.79 Å². The van der Waals surface area contributed by atoms with Gasteiger partial charge in [-0.1, -0.05) is 13.0 Å². The van der Waals surface area contributed by atoms with Crippen LogP contribution < -0.4 is 4.74 Å². The van der Waals surface area contributed by atoms with Crippen LogP contribution in [0.5, 0.6) is 5.75 Å². The Morgan fingerprint density at radius 1 is 1.58 bits per heavy atom. The van der Waals surface area contributed by atoms with E-state index in [1.165, 1.54) is 18.2 Å². The normalized spacial score (nSPS) is 12.3. The number of carboxylic acids is 1. The fourth-order valence-electron chi connectivity index (χ4n) is 1.35. The van der Waals surface area contributed by atoms with Crippen LogP contribution >= 0.6 is 0 Å². The number of rotatable bonds is 6. The first-order chi connectivity index (χ1) is 8.93. The van der Waals surface area contributed by atoms with Gasteiger partial charge in [-0.3, -0.25) is 10.1 Å². The van der Waals surface area contributed by atoms with E-state index >= 15 is 0 Å². The maximum atomic E-state index is 11.0. The summed E-state index contributed by atoms with van der Waals surface area (Å²) in [5, 5.41) is 19.5. The van der Waals surface area contributed by atoms with Gasteiger partial charge >= 0.3 is 11.7 Å². The lowest BCUT2D eigenvalue weighted by molar-refractivity contribution is -0.386. The maximum Gasteiger partial charge on any atom is 0.328 e. The zero-order chi connectivity index (χ0) is 14.4. The molecule has 0 amide bonds. The predicted molar refractivity (Wildman–Crippen MR) is 70.1 cm³/mol. The van der Waals surface area contributed by atoms with Crippen LogP contribution in [0.15, 0.2) is 24.3 Å². The zero-order valence-electron chi connectivity index (χ0n) is 10.7. The summed E-state index contributed by atoms with van der Waals surface area (Å²) in [4.78, 5) is 20.8. The number of carbonyl (C=O) groups is 1. The Balaban J connectivity index is 3.07. The molecular weight excluding hydrogens is 250 g/mol. The van der Waals surface area contributed by atoms with Crippen LogP contribution in [0, 0.1) is 10.1 Å². The van der Waals surface area contributed by atoms with Gasteiger partial charge in [-0.05, 0) is 31.1 Å². The Morgan fingerprint density at radius 3 is 2.79 bits per heavy atom. The summed E-state index contributed by atoms with van der Waals surface area (Å²) in [6.07, 6.45) is 2.83. The summed E-state index contributed by atoms with van der Waals surface area (Å²) < 4.78 is 5.45. The number of nitrogens with zero attached hydrogens (tertiary/aromatic N) is 1. The summed E-state index contributed by atoms with van der Waals surface area (Å²) in [6.45, 7) is 3.74. The lowest BCUT2D eigenvalue weighted by atomic mass is 10.1. The van der Waals surface area contributed by atoms with Crippen molar-refractivity contribution < 1.29 is 19.6 Å². The van der Waals surface area contributed by atoms with Crippen molar-refractivity contribution in [3.05, 3.63) is 40.0 Å². The smallest absolute Gasteiger partial charge is 0.328 e. The lowest BCUT2D eigenvalue weighted by Gasteiger charge is -2.12. The maximum absolute atomic E-state index is 11.0. The third-order valence-electron chi connectivity index (χ3n) is 2.50. The van der Waals surface area contributed by atoms with Crippen LogP contribution in [0.2, 0.25) is 0 Å². The second kappa shape index (κ2) is 6.53. The quantitative estimate of drug-likeness (QED) is 0.485. The van der Waals surface area contributed by atoms with Gasteiger partial charge in [0.1, 0.15) is 0 Å². The Morgan fingerprint density at radius 2 is 2.26 bits per heavy atom. The highest BCUT2D eigenvalue weighted by atomic mass is 16.6. The van der Waals surface area contributed by atoms with Crippen LogP contribution in [-0.4, -0.2) is 22.1 Å². The summed E-state index contributed by atoms with van der Waals surface area (Å²) in [5.74, 6) is -0.922. The topological polar surface area (TPSA) is 89.7 Å². The van der Waals surface area contributed by atoms with Gasteiger partial charge in [-0.2, -0.15) is 0 Å². The minimum absolute atomic E-state index is 0.126. The molecule has 6 nitrogen and oxygen atoms in total. The molecule has 1 N–H and O–H groups in total. The highest BCUT2D eigenvalue weighted by molar-refractivity contribution is 5.85. The minimum Gasteiger partial charge on any atom is -0.484 e. The number of carboxylic acid groups (broad SMARTS) is 1. The molecule has 19 heavy (non-hydrogen) atoms. The zero-order valence-corrected chi connectivity index (χ0v) is 10.7. The summed E-state index contributed by atoms with van der Waals surface area (Å²) in [5.41, 5.74) is 0.262. The van der Waals surface area contributed by atoms with E-state index in [-0.39, 0.29) is 17.5 Å². The fraction of sp³-hybridized carbons (Fsp3) is 0.308. The van der Waals surface area contributed by atoms with E-state index in [4.69, 9.17) is 9.84 Å². The standard InChI is InChI=1S/C13H15NO5/c1-3-9(2)19-12-6-4-10(5-7-13(15)16)8-11(12)14(17)18/h4-9H,3H2,1-2H3,(H,15,16)/b7-5+. The number of hydrogen-bond donors (Lipinski definition) is 1. The molecule has 1 atom stereocenters. The Bertz CT molecular complexity index is 510. The van der Waals surface area contributed by atoms with Gasteiger partial charge in [0.05, 0.1) is 11.0 Å². The highest BCUT2D eigenvalue weighted by Gasteiger charge is 2.17. The Kier molecular flexibility index (Phi) is 5.05. The van der Waals surface area contributed by atoms with Crippen molar-refractivity contribution in [2.75, 3.05) is 0 Å². The molecule has 0 saturated heterocycles. The van der Waals surface area contributed by atoms with Gasteiger partial charge in [0, 0.05) is 12.1 Å². The van der Waals surface area contributed by atoms with E-state index in [0.29, 0.717) is 5.56 Å². The largest absolute Gasteiger partial charge is 0.484 e. The summed E-state index contributed by atoms with van der Waals surface area (Å²) in [7, 11) is 0. The van der Waals surface area contributed by atoms with Crippen LogP contribution in [0.3, 0.4) is 0 Å². The molecule has 0 aliphatic heterocycles. The van der Waals surface area contributed by atoms with Crippen molar-refractivity contribution in [1.29, 1.82) is 0 Å². The van der Waals surface area contributed by atoms with E-state index < -0.39 is 10.9 Å². The van der Waals surface area contributed by atoms with E-state index in [1.807, 2.05) is 13.8 Å². The van der Waals surface area contributed by atoms with Crippen molar-refractivity contribution in [2.45, 2.75) is 26.4 Å². The molecule has 102 valence electrons. The molecule has 1 rings (SSSR count). The Hall–Kier alpha value is -2.37. The molecule has 1 aromatic carbocycles. The third-order valence-corrected chi connectivity index (χ3v) is 2.50. The predicted octanol–water partition coefficient (Wildman–Crippen LogP) is 2.87. The average molecular weight is 265 g/mol. The minimum atomic E-state index is -1.11. The Labute approximate surface area is 110 Å². The third kappa shape index (κ3) is 4.42. The monoisotopic (exact) mass is 265 g/mol. The molecule has 0 bridgehead atoms. The van der Waals surface area contributed by atoms with Crippen LogP contribution in [0.1, 0.15) is 25.8 Å². The fourth-order valence-corrected chi connectivity index (χ4v) is 1.35. The molecule has 6 heteroatoms. The number of nitro groups is 1. The first-order valence-electron chi connectivity index (χ1n) is 5.80. The molecule has 1 aromatic rings. The first kappa shape index (κ1) is 14.7. The van der Waals surface area contributed by atoms with Crippen molar-refractivity contribution in [1.82, 2.24) is 0 Å². The average Bonchev–Trinajstić information content (AvgIpc) is 2.36. The van der Waals surface area contributed by atoms with Gasteiger partial charge < -0.3 is 9.84 Å². The number of aliphatic carboxylic acids is 1. The lowest BCUT2D eigenvalue weighted by Crippen LogP contribution is -2.11. The molecule has 0 heterocycles. The highest BCUT2D eigenvalue weighted by Crippen LogP contribution is 2.29. The molecule has 1 unspecified atom stereocenters. The van der Waals surface area contributed by atoms with Gasteiger partial charge in [0.15, 0.2) is 5.75 Å². The van der Waals surface area contributed by atoms with E-state index in [9.17, 15) is 14.9 Å². The summed E-state index contributed by atoms with van der Waals surface area (Å²) in [6, 6.07) is 4.34. The first-order valence-corrected chi connectivity index (χ1v) is 5.80. The van der Waals surface area contributed by atoms with Gasteiger partial charge in [-0.15, -0.1) is 0 Å². The van der Waals surface area contributed by atoms with Crippen molar-refractivity contribution in [2.24, 2.45) is 0 Å². The molecule has 0 saturated carbocycles. The molecule has 0 spiro atoms. The van der Waals surface area contributed by atoms with Crippen molar-refractivity contribution >= 4 is 17.7 Å². The van der Waals surface area contributed by atoms with E-state index in [1.54, 1.807) is 6.07 Å².